The predicted molar refractivity (Wildman–Crippen MR) is 70.2 cm³/mol. The molecule has 1 aromatic heterocycles. The summed E-state index contributed by atoms with van der Waals surface area (Å²) in [6.45, 7) is 3.24. The molecule has 0 spiro atoms. The van der Waals surface area contributed by atoms with Crippen LogP contribution in [-0.4, -0.2) is 30.4 Å². The van der Waals surface area contributed by atoms with Gasteiger partial charge in [0.05, 0.1) is 10.6 Å². The Balaban J connectivity index is 1.74. The lowest BCUT2D eigenvalue weighted by molar-refractivity contribution is 0.110. The molecule has 0 radical (unpaired) electrons. The molecule has 17 heavy (non-hydrogen) atoms. The van der Waals surface area contributed by atoms with Gasteiger partial charge in [-0.15, -0.1) is 0 Å². The van der Waals surface area contributed by atoms with Crippen molar-refractivity contribution in [3.63, 3.8) is 0 Å². The average molecular weight is 301 g/mol. The second-order valence-corrected chi connectivity index (χ2v) is 5.05. The zero-order valence-corrected chi connectivity index (χ0v) is 11.3. The van der Waals surface area contributed by atoms with Gasteiger partial charge in [-0.25, -0.2) is 0 Å². The molecule has 1 aromatic rings. The van der Waals surface area contributed by atoms with Crippen LogP contribution >= 0.6 is 15.9 Å². The Kier molecular flexibility index (Phi) is 4.76. The van der Waals surface area contributed by atoms with Gasteiger partial charge in [-0.05, 0) is 40.9 Å². The molecular weight excluding hydrogens is 284 g/mol. The Morgan fingerprint density at radius 3 is 3.24 bits per heavy atom. The van der Waals surface area contributed by atoms with E-state index in [1.807, 2.05) is 6.07 Å². The van der Waals surface area contributed by atoms with Gasteiger partial charge in [0, 0.05) is 32.4 Å². The first-order valence-corrected chi connectivity index (χ1v) is 6.74. The van der Waals surface area contributed by atoms with Crippen LogP contribution in [-0.2, 0) is 11.3 Å². The van der Waals surface area contributed by atoms with Crippen LogP contribution in [0, 0.1) is 0 Å². The SMILES string of the molecule is O=c1c(Br)cccn1CCNCC1CCCO1. The number of nitrogens with one attached hydrogen (secondary N) is 1. The highest BCUT2D eigenvalue weighted by atomic mass is 79.9. The molecule has 1 atom stereocenters. The third-order valence-electron chi connectivity index (χ3n) is 2.90. The van der Waals surface area contributed by atoms with Crippen molar-refractivity contribution in [3.8, 4) is 0 Å². The first kappa shape index (κ1) is 12.8. The molecule has 4 nitrogen and oxygen atoms in total. The molecule has 1 saturated heterocycles. The molecular formula is C12H17BrN2O2. The Labute approximate surface area is 109 Å². The number of aromatic nitrogens is 1. The van der Waals surface area contributed by atoms with Gasteiger partial charge in [-0.2, -0.15) is 0 Å². The number of hydrogen-bond acceptors (Lipinski definition) is 3. The van der Waals surface area contributed by atoms with E-state index in [0.717, 1.165) is 32.5 Å². The largest absolute Gasteiger partial charge is 0.377 e. The number of pyridine rings is 1. The highest BCUT2D eigenvalue weighted by Gasteiger charge is 2.14. The Morgan fingerprint density at radius 2 is 2.47 bits per heavy atom. The molecule has 1 aliphatic heterocycles. The summed E-state index contributed by atoms with van der Waals surface area (Å²) in [5.74, 6) is 0. The van der Waals surface area contributed by atoms with Crippen LogP contribution in [0.25, 0.3) is 0 Å². The zero-order valence-electron chi connectivity index (χ0n) is 9.69. The van der Waals surface area contributed by atoms with E-state index in [4.69, 9.17) is 4.74 Å². The van der Waals surface area contributed by atoms with Crippen molar-refractivity contribution in [2.75, 3.05) is 19.7 Å². The molecule has 1 aliphatic rings. The Morgan fingerprint density at radius 1 is 1.59 bits per heavy atom. The van der Waals surface area contributed by atoms with E-state index in [-0.39, 0.29) is 5.56 Å². The Bertz CT molecular complexity index is 413. The van der Waals surface area contributed by atoms with Crippen LogP contribution in [0.3, 0.4) is 0 Å². The van der Waals surface area contributed by atoms with Crippen molar-refractivity contribution < 1.29 is 4.74 Å². The van der Waals surface area contributed by atoms with E-state index in [0.29, 0.717) is 17.1 Å². The molecule has 0 bridgehead atoms. The summed E-state index contributed by atoms with van der Waals surface area (Å²) in [7, 11) is 0. The summed E-state index contributed by atoms with van der Waals surface area (Å²) >= 11 is 3.24. The second-order valence-electron chi connectivity index (χ2n) is 4.19. The van der Waals surface area contributed by atoms with E-state index >= 15 is 0 Å². The van der Waals surface area contributed by atoms with Crippen LogP contribution in [0.15, 0.2) is 27.6 Å². The topological polar surface area (TPSA) is 43.3 Å². The van der Waals surface area contributed by atoms with Gasteiger partial charge in [0.1, 0.15) is 0 Å². The lowest BCUT2D eigenvalue weighted by Gasteiger charge is -2.11. The van der Waals surface area contributed by atoms with E-state index < -0.39 is 0 Å². The second kappa shape index (κ2) is 6.33. The van der Waals surface area contributed by atoms with Gasteiger partial charge >= 0.3 is 0 Å². The monoisotopic (exact) mass is 300 g/mol. The smallest absolute Gasteiger partial charge is 0.264 e. The normalized spacial score (nSPS) is 19.7. The van der Waals surface area contributed by atoms with Gasteiger partial charge in [0.2, 0.25) is 0 Å². The maximum atomic E-state index is 11.7. The molecule has 2 heterocycles. The first-order chi connectivity index (χ1) is 8.27. The fourth-order valence-electron chi connectivity index (χ4n) is 1.95. The number of ether oxygens (including phenoxy) is 1. The van der Waals surface area contributed by atoms with Gasteiger partial charge < -0.3 is 14.6 Å². The van der Waals surface area contributed by atoms with Gasteiger partial charge in [0.15, 0.2) is 0 Å². The molecule has 0 amide bonds. The Hall–Kier alpha value is -0.650. The molecule has 0 aliphatic carbocycles. The molecule has 1 N–H and O–H groups in total. The van der Waals surface area contributed by atoms with E-state index in [9.17, 15) is 4.79 Å². The third-order valence-corrected chi connectivity index (χ3v) is 3.50. The molecule has 2 rings (SSSR count). The lowest BCUT2D eigenvalue weighted by Crippen LogP contribution is -2.31. The summed E-state index contributed by atoms with van der Waals surface area (Å²) in [6, 6.07) is 3.63. The van der Waals surface area contributed by atoms with Gasteiger partial charge in [-0.3, -0.25) is 4.79 Å². The molecule has 0 saturated carbocycles. The summed E-state index contributed by atoms with van der Waals surface area (Å²) in [5, 5.41) is 3.32. The molecule has 5 heteroatoms. The first-order valence-electron chi connectivity index (χ1n) is 5.94. The quantitative estimate of drug-likeness (QED) is 0.836. The maximum absolute atomic E-state index is 11.7. The lowest BCUT2D eigenvalue weighted by atomic mass is 10.2. The summed E-state index contributed by atoms with van der Waals surface area (Å²) in [5.41, 5.74) is 0.0198. The maximum Gasteiger partial charge on any atom is 0.264 e. The average Bonchev–Trinajstić information content (AvgIpc) is 2.83. The van der Waals surface area contributed by atoms with Crippen LogP contribution in [0.1, 0.15) is 12.8 Å². The van der Waals surface area contributed by atoms with Crippen LogP contribution in [0.5, 0.6) is 0 Å². The van der Waals surface area contributed by atoms with E-state index in [1.54, 1.807) is 16.8 Å². The van der Waals surface area contributed by atoms with Crippen molar-refractivity contribution in [1.29, 1.82) is 0 Å². The van der Waals surface area contributed by atoms with Gasteiger partial charge in [0.25, 0.3) is 5.56 Å². The fraction of sp³-hybridized carbons (Fsp3) is 0.583. The number of nitrogens with zero attached hydrogens (tertiary/aromatic N) is 1. The van der Waals surface area contributed by atoms with Crippen molar-refractivity contribution in [2.45, 2.75) is 25.5 Å². The number of hydrogen-bond donors (Lipinski definition) is 1. The minimum atomic E-state index is 0.0198. The van der Waals surface area contributed by atoms with Crippen molar-refractivity contribution >= 4 is 15.9 Å². The summed E-state index contributed by atoms with van der Waals surface area (Å²) < 4.78 is 7.82. The standard InChI is InChI=1S/C12H17BrN2O2/c13-11-4-1-6-15(12(11)16)7-5-14-9-10-3-2-8-17-10/h1,4,6,10,14H,2-3,5,7-9H2. The summed E-state index contributed by atoms with van der Waals surface area (Å²) in [6.07, 6.45) is 4.47. The fourth-order valence-corrected chi connectivity index (χ4v) is 2.33. The molecule has 1 unspecified atom stereocenters. The van der Waals surface area contributed by atoms with Crippen molar-refractivity contribution in [2.24, 2.45) is 0 Å². The van der Waals surface area contributed by atoms with Crippen molar-refractivity contribution in [3.05, 3.63) is 33.2 Å². The van der Waals surface area contributed by atoms with E-state index in [1.165, 1.54) is 0 Å². The highest BCUT2D eigenvalue weighted by molar-refractivity contribution is 9.10. The van der Waals surface area contributed by atoms with E-state index in [2.05, 4.69) is 21.2 Å². The van der Waals surface area contributed by atoms with Gasteiger partial charge in [-0.1, -0.05) is 0 Å². The zero-order chi connectivity index (χ0) is 12.1. The number of rotatable bonds is 5. The minimum Gasteiger partial charge on any atom is -0.377 e. The van der Waals surface area contributed by atoms with Crippen molar-refractivity contribution in [1.82, 2.24) is 9.88 Å². The van der Waals surface area contributed by atoms with Crippen LogP contribution < -0.4 is 10.9 Å². The highest BCUT2D eigenvalue weighted by Crippen LogP contribution is 2.10. The predicted octanol–water partition coefficient (Wildman–Crippen LogP) is 1.38. The minimum absolute atomic E-state index is 0.0198. The molecule has 0 aromatic carbocycles. The number of halogens is 1. The third kappa shape index (κ3) is 3.66. The van der Waals surface area contributed by atoms with Crippen LogP contribution in [0.4, 0.5) is 0 Å². The molecule has 94 valence electrons. The molecule has 1 fully saturated rings. The summed E-state index contributed by atoms with van der Waals surface area (Å²) in [4.78, 5) is 11.7. The van der Waals surface area contributed by atoms with Crippen LogP contribution in [0.2, 0.25) is 0 Å².